The lowest BCUT2D eigenvalue weighted by Gasteiger charge is -2.35. The molecule has 2 N–H and O–H groups in total. The number of aromatic hydroxyl groups is 1. The highest BCUT2D eigenvalue weighted by molar-refractivity contribution is 6.12. The summed E-state index contributed by atoms with van der Waals surface area (Å²) in [4.78, 5) is 10.5. The van der Waals surface area contributed by atoms with Gasteiger partial charge >= 0.3 is 0 Å². The Morgan fingerprint density at radius 2 is 2.00 bits per heavy atom. The van der Waals surface area contributed by atoms with E-state index in [9.17, 15) is 9.90 Å². The molecular weight excluding hydrogens is 225 g/mol. The first-order valence-electron chi connectivity index (χ1n) is 6.08. The molecular formula is C14H20BNO2. The summed E-state index contributed by atoms with van der Waals surface area (Å²) in [7, 11) is 6.27. The van der Waals surface area contributed by atoms with E-state index in [-0.39, 0.29) is 22.9 Å². The van der Waals surface area contributed by atoms with Crippen molar-refractivity contribution >= 4 is 14.3 Å². The van der Waals surface area contributed by atoms with Gasteiger partial charge in [-0.1, -0.05) is 44.8 Å². The highest BCUT2D eigenvalue weighted by Gasteiger charge is 2.30. The van der Waals surface area contributed by atoms with E-state index < -0.39 is 0 Å². The van der Waals surface area contributed by atoms with Crippen molar-refractivity contribution in [1.29, 1.82) is 0 Å². The van der Waals surface area contributed by atoms with Crippen molar-refractivity contribution in [3.8, 4) is 5.75 Å². The first-order valence-corrected chi connectivity index (χ1v) is 6.08. The fourth-order valence-electron chi connectivity index (χ4n) is 2.01. The molecule has 2 unspecified atom stereocenters. The average molecular weight is 245 g/mol. The van der Waals surface area contributed by atoms with Crippen molar-refractivity contribution in [1.82, 2.24) is 5.32 Å². The van der Waals surface area contributed by atoms with Crippen molar-refractivity contribution in [3.05, 3.63) is 29.8 Å². The highest BCUT2D eigenvalue weighted by Crippen LogP contribution is 2.42. The number of phenolic OH excluding ortho intramolecular Hbond substituents is 1. The molecule has 1 aromatic rings. The number of amides is 1. The molecule has 0 bridgehead atoms. The number of hydrogen-bond donors (Lipinski definition) is 2. The van der Waals surface area contributed by atoms with Crippen LogP contribution in [-0.4, -0.2) is 25.9 Å². The molecule has 18 heavy (non-hydrogen) atoms. The van der Waals surface area contributed by atoms with Crippen LogP contribution in [0.1, 0.15) is 32.3 Å². The maximum absolute atomic E-state index is 10.5. The zero-order valence-corrected chi connectivity index (χ0v) is 11.2. The molecule has 0 aliphatic rings. The molecule has 1 rings (SSSR count). The molecule has 2 atom stereocenters. The fourth-order valence-corrected chi connectivity index (χ4v) is 2.01. The summed E-state index contributed by atoms with van der Waals surface area (Å²) in [6, 6.07) is 7.11. The van der Waals surface area contributed by atoms with Crippen LogP contribution in [-0.2, 0) is 4.79 Å². The Hall–Kier alpha value is -1.45. The Morgan fingerprint density at radius 1 is 1.39 bits per heavy atom. The van der Waals surface area contributed by atoms with Gasteiger partial charge in [0.25, 0.3) is 0 Å². The van der Waals surface area contributed by atoms with Crippen LogP contribution in [0.5, 0.6) is 5.75 Å². The maximum Gasteiger partial charge on any atom is 0.207 e. The lowest BCUT2D eigenvalue weighted by Crippen LogP contribution is -2.29. The van der Waals surface area contributed by atoms with E-state index in [0.717, 1.165) is 5.56 Å². The number of carbonyl (C=O) groups is 1. The van der Waals surface area contributed by atoms with Crippen LogP contribution in [0.4, 0.5) is 0 Å². The topological polar surface area (TPSA) is 49.3 Å². The predicted octanol–water partition coefficient (Wildman–Crippen LogP) is 2.22. The van der Waals surface area contributed by atoms with Gasteiger partial charge in [-0.2, -0.15) is 0 Å². The van der Waals surface area contributed by atoms with Gasteiger partial charge in [0, 0.05) is 12.5 Å². The summed E-state index contributed by atoms with van der Waals surface area (Å²) in [5.74, 6) is -0.0652. The Bertz CT molecular complexity index is 401. The predicted molar refractivity (Wildman–Crippen MR) is 73.9 cm³/mol. The van der Waals surface area contributed by atoms with Gasteiger partial charge in [-0.15, -0.1) is 0 Å². The summed E-state index contributed by atoms with van der Waals surface area (Å²) < 4.78 is 0. The zero-order chi connectivity index (χ0) is 13.8. The van der Waals surface area contributed by atoms with E-state index in [1.54, 1.807) is 12.1 Å². The molecule has 0 heterocycles. The van der Waals surface area contributed by atoms with Crippen molar-refractivity contribution < 1.29 is 9.90 Å². The van der Waals surface area contributed by atoms with E-state index in [4.69, 9.17) is 7.85 Å². The molecule has 0 aliphatic carbocycles. The van der Waals surface area contributed by atoms with E-state index >= 15 is 0 Å². The first kappa shape index (κ1) is 14.6. The van der Waals surface area contributed by atoms with E-state index in [0.29, 0.717) is 13.0 Å². The third kappa shape index (κ3) is 3.52. The van der Waals surface area contributed by atoms with Gasteiger partial charge in [0.1, 0.15) is 5.75 Å². The minimum Gasteiger partial charge on any atom is -0.508 e. The number of benzene rings is 1. The van der Waals surface area contributed by atoms with Crippen molar-refractivity contribution in [2.45, 2.75) is 32.5 Å². The van der Waals surface area contributed by atoms with Gasteiger partial charge in [0.2, 0.25) is 6.41 Å². The molecule has 0 aromatic heterocycles. The molecule has 4 heteroatoms. The van der Waals surface area contributed by atoms with Gasteiger partial charge < -0.3 is 10.4 Å². The smallest absolute Gasteiger partial charge is 0.207 e. The Labute approximate surface area is 110 Å². The average Bonchev–Trinajstić information content (AvgIpc) is 2.30. The van der Waals surface area contributed by atoms with Gasteiger partial charge in [0.05, 0.1) is 7.85 Å². The number of carbonyl (C=O) groups excluding carboxylic acids is 1. The molecule has 96 valence electrons. The minimum absolute atomic E-state index is 0.114. The molecule has 0 fully saturated rings. The number of phenols is 1. The van der Waals surface area contributed by atoms with Gasteiger partial charge in [-0.25, -0.2) is 0 Å². The van der Waals surface area contributed by atoms with Crippen LogP contribution in [0, 0.1) is 5.41 Å². The highest BCUT2D eigenvalue weighted by atomic mass is 16.3. The standard InChI is InChI=1S/C14H20BNO2/c1-14(2,3)13(15)11(8-16-9-17)10-6-4-5-7-12(10)18/h4-7,9,11,13,18H,8H2,1-3H3,(H,16,17). The largest absolute Gasteiger partial charge is 0.508 e. The second kappa shape index (κ2) is 5.94. The van der Waals surface area contributed by atoms with E-state index in [1.807, 2.05) is 32.9 Å². The Kier molecular flexibility index (Phi) is 4.82. The van der Waals surface area contributed by atoms with Gasteiger partial charge in [-0.3, -0.25) is 4.79 Å². The van der Waals surface area contributed by atoms with Crippen LogP contribution < -0.4 is 5.32 Å². The summed E-state index contributed by atoms with van der Waals surface area (Å²) >= 11 is 0. The number of hydrogen-bond acceptors (Lipinski definition) is 2. The molecule has 0 saturated heterocycles. The normalized spacial score (nSPS) is 14.8. The van der Waals surface area contributed by atoms with Crippen LogP contribution in [0.3, 0.4) is 0 Å². The third-order valence-electron chi connectivity index (χ3n) is 3.19. The van der Waals surface area contributed by atoms with E-state index in [1.165, 1.54) is 0 Å². The van der Waals surface area contributed by atoms with Crippen molar-refractivity contribution in [3.63, 3.8) is 0 Å². The summed E-state index contributed by atoms with van der Waals surface area (Å²) in [5, 5.41) is 12.6. The van der Waals surface area contributed by atoms with Gasteiger partial charge in [-0.05, 0) is 17.0 Å². The number of nitrogens with one attached hydrogen (secondary N) is 1. The third-order valence-corrected chi connectivity index (χ3v) is 3.19. The molecule has 0 spiro atoms. The Balaban J connectivity index is 3.05. The fraction of sp³-hybridized carbons (Fsp3) is 0.500. The van der Waals surface area contributed by atoms with Crippen LogP contribution >= 0.6 is 0 Å². The maximum atomic E-state index is 10.5. The lowest BCUT2D eigenvalue weighted by atomic mass is 9.60. The molecule has 0 saturated carbocycles. The van der Waals surface area contributed by atoms with E-state index in [2.05, 4.69) is 5.32 Å². The molecule has 1 amide bonds. The first-order chi connectivity index (χ1) is 8.38. The van der Waals surface area contributed by atoms with Crippen molar-refractivity contribution in [2.24, 2.45) is 5.41 Å². The summed E-state index contributed by atoms with van der Waals surface area (Å²) in [5.41, 5.74) is 0.659. The minimum atomic E-state index is -0.168. The quantitative estimate of drug-likeness (QED) is 0.617. The molecule has 3 nitrogen and oxygen atoms in total. The number of rotatable bonds is 5. The van der Waals surface area contributed by atoms with Crippen LogP contribution in [0.2, 0.25) is 5.82 Å². The lowest BCUT2D eigenvalue weighted by molar-refractivity contribution is -0.109. The zero-order valence-electron chi connectivity index (χ0n) is 11.2. The molecule has 2 radical (unpaired) electrons. The monoisotopic (exact) mass is 245 g/mol. The van der Waals surface area contributed by atoms with Crippen LogP contribution in [0.25, 0.3) is 0 Å². The SMILES string of the molecule is [B]C(C(CNC=O)c1ccccc1O)C(C)(C)C. The summed E-state index contributed by atoms with van der Waals surface area (Å²) in [6.45, 7) is 6.56. The second-order valence-corrected chi connectivity index (χ2v) is 5.58. The number of para-hydroxylation sites is 1. The van der Waals surface area contributed by atoms with Crippen LogP contribution in [0.15, 0.2) is 24.3 Å². The van der Waals surface area contributed by atoms with Crippen molar-refractivity contribution in [2.75, 3.05) is 6.54 Å². The Morgan fingerprint density at radius 3 is 2.50 bits per heavy atom. The second-order valence-electron chi connectivity index (χ2n) is 5.58. The summed E-state index contributed by atoms with van der Waals surface area (Å²) in [6.07, 6.45) is 0.655. The molecule has 1 aromatic carbocycles. The molecule has 0 aliphatic heterocycles. The van der Waals surface area contributed by atoms with Gasteiger partial charge in [0.15, 0.2) is 0 Å².